The van der Waals surface area contributed by atoms with Crippen LogP contribution in [0.15, 0.2) is 116 Å². The molecule has 6 aromatic rings. The lowest BCUT2D eigenvalue weighted by atomic mass is 10.1. The Labute approximate surface area is 198 Å². The van der Waals surface area contributed by atoms with Gasteiger partial charge in [0.15, 0.2) is 11.0 Å². The Balaban J connectivity index is 0.00000216. The molecular formula is C29H23BrN2. The Morgan fingerprint density at radius 1 is 0.562 bits per heavy atom. The van der Waals surface area contributed by atoms with Crippen LogP contribution >= 0.6 is 0 Å². The van der Waals surface area contributed by atoms with E-state index in [0.717, 1.165) is 13.1 Å². The van der Waals surface area contributed by atoms with E-state index >= 15 is 0 Å². The highest BCUT2D eigenvalue weighted by molar-refractivity contribution is 5.83. The van der Waals surface area contributed by atoms with Crippen LogP contribution in [-0.4, -0.2) is 4.57 Å². The molecule has 1 heterocycles. The van der Waals surface area contributed by atoms with Gasteiger partial charge in [-0.3, -0.25) is 0 Å². The normalized spacial score (nSPS) is 11.1. The highest BCUT2D eigenvalue weighted by atomic mass is 79.9. The molecular weight excluding hydrogens is 456 g/mol. The van der Waals surface area contributed by atoms with Crippen LogP contribution in [-0.2, 0) is 13.1 Å². The zero-order valence-corrected chi connectivity index (χ0v) is 19.2. The Morgan fingerprint density at radius 2 is 1.12 bits per heavy atom. The molecule has 0 N–H and O–H groups in total. The second-order valence-electron chi connectivity index (χ2n) is 8.22. The summed E-state index contributed by atoms with van der Waals surface area (Å²) in [6, 6.07) is 39.3. The topological polar surface area (TPSA) is 8.81 Å². The van der Waals surface area contributed by atoms with Gasteiger partial charge >= 0.3 is 0 Å². The molecule has 0 saturated carbocycles. The van der Waals surface area contributed by atoms with E-state index in [1.165, 1.54) is 43.7 Å². The van der Waals surface area contributed by atoms with Gasteiger partial charge in [0, 0.05) is 0 Å². The first kappa shape index (κ1) is 20.5. The van der Waals surface area contributed by atoms with Crippen molar-refractivity contribution in [3.8, 4) is 0 Å². The third-order valence-corrected chi connectivity index (χ3v) is 6.11. The van der Waals surface area contributed by atoms with Crippen molar-refractivity contribution in [1.82, 2.24) is 4.57 Å². The molecule has 0 aliphatic carbocycles. The molecule has 1 aromatic heterocycles. The fourth-order valence-corrected chi connectivity index (χ4v) is 4.56. The lowest BCUT2D eigenvalue weighted by Crippen LogP contribution is -3.00. The molecule has 2 nitrogen and oxygen atoms in total. The lowest BCUT2D eigenvalue weighted by molar-refractivity contribution is -0.663. The number of rotatable bonds is 4. The molecule has 3 heteroatoms. The van der Waals surface area contributed by atoms with Crippen LogP contribution in [0, 0.1) is 0 Å². The average Bonchev–Trinajstić information content (AvgIpc) is 3.16. The van der Waals surface area contributed by atoms with Gasteiger partial charge in [0.2, 0.25) is 6.33 Å². The number of fused-ring (bicyclic) bond motifs is 3. The zero-order chi connectivity index (χ0) is 20.6. The van der Waals surface area contributed by atoms with Crippen molar-refractivity contribution >= 4 is 32.6 Å². The average molecular weight is 479 g/mol. The summed E-state index contributed by atoms with van der Waals surface area (Å²) < 4.78 is 4.72. The molecule has 6 rings (SSSR count). The summed E-state index contributed by atoms with van der Waals surface area (Å²) in [4.78, 5) is 0. The Bertz CT molecular complexity index is 1430. The molecule has 32 heavy (non-hydrogen) atoms. The maximum atomic E-state index is 2.36. The molecule has 0 fully saturated rings. The fourth-order valence-electron chi connectivity index (χ4n) is 4.56. The Morgan fingerprint density at radius 3 is 1.84 bits per heavy atom. The van der Waals surface area contributed by atoms with E-state index in [2.05, 4.69) is 125 Å². The van der Waals surface area contributed by atoms with Gasteiger partial charge in [-0.1, -0.05) is 84.9 Å². The Kier molecular flexibility index (Phi) is 5.50. The van der Waals surface area contributed by atoms with Gasteiger partial charge in [-0.25, -0.2) is 9.13 Å². The predicted molar refractivity (Wildman–Crippen MR) is 128 cm³/mol. The van der Waals surface area contributed by atoms with Crippen LogP contribution in [0.1, 0.15) is 11.1 Å². The van der Waals surface area contributed by atoms with Gasteiger partial charge in [0.1, 0.15) is 13.1 Å². The van der Waals surface area contributed by atoms with E-state index < -0.39 is 0 Å². The Hall–Kier alpha value is -3.43. The minimum atomic E-state index is 0. The minimum Gasteiger partial charge on any atom is -1.00 e. The number of hydrogen-bond acceptors (Lipinski definition) is 0. The first-order chi connectivity index (χ1) is 15.3. The van der Waals surface area contributed by atoms with Crippen molar-refractivity contribution in [1.29, 1.82) is 0 Å². The summed E-state index contributed by atoms with van der Waals surface area (Å²) in [6.07, 6.45) is 2.26. The van der Waals surface area contributed by atoms with E-state index in [4.69, 9.17) is 0 Å². The molecule has 0 spiro atoms. The summed E-state index contributed by atoms with van der Waals surface area (Å²) >= 11 is 0. The summed E-state index contributed by atoms with van der Waals surface area (Å²) in [5, 5.41) is 5.16. The van der Waals surface area contributed by atoms with Crippen molar-refractivity contribution in [3.63, 3.8) is 0 Å². The minimum absolute atomic E-state index is 0. The van der Waals surface area contributed by atoms with Crippen LogP contribution in [0.4, 0.5) is 0 Å². The standard InChI is InChI=1S/C29H23N2.BrH/c1-3-9-26-17-22(13-15-24(26)7-1)19-30-21-31(29-12-6-5-11-28(29)30)20-23-14-16-25-8-2-4-10-27(25)18-23;/h1-18,21H,19-20H2;1H/q+1;/p-1. The largest absolute Gasteiger partial charge is 1.00 e. The molecule has 5 aromatic carbocycles. The number of imidazole rings is 1. The molecule has 0 unspecified atom stereocenters. The van der Waals surface area contributed by atoms with Gasteiger partial charge in [-0.2, -0.15) is 0 Å². The zero-order valence-electron chi connectivity index (χ0n) is 17.7. The monoisotopic (exact) mass is 478 g/mol. The van der Waals surface area contributed by atoms with Crippen LogP contribution in [0.3, 0.4) is 0 Å². The molecule has 0 amide bonds. The maximum Gasteiger partial charge on any atom is 0.245 e. The van der Waals surface area contributed by atoms with E-state index in [-0.39, 0.29) is 17.0 Å². The van der Waals surface area contributed by atoms with E-state index in [0.29, 0.717) is 0 Å². The lowest BCUT2D eigenvalue weighted by Gasteiger charge is -2.03. The first-order valence-electron chi connectivity index (χ1n) is 10.8. The predicted octanol–water partition coefficient (Wildman–Crippen LogP) is 3.34. The van der Waals surface area contributed by atoms with E-state index in [1.54, 1.807) is 0 Å². The van der Waals surface area contributed by atoms with Gasteiger partial charge < -0.3 is 17.0 Å². The van der Waals surface area contributed by atoms with Crippen molar-refractivity contribution in [2.24, 2.45) is 0 Å². The summed E-state index contributed by atoms with van der Waals surface area (Å²) in [7, 11) is 0. The van der Waals surface area contributed by atoms with Gasteiger partial charge in [0.05, 0.1) is 0 Å². The van der Waals surface area contributed by atoms with Crippen molar-refractivity contribution in [2.45, 2.75) is 13.1 Å². The second kappa shape index (κ2) is 8.60. The third kappa shape index (κ3) is 3.80. The third-order valence-electron chi connectivity index (χ3n) is 6.11. The van der Waals surface area contributed by atoms with Crippen LogP contribution < -0.4 is 21.5 Å². The molecule has 0 bridgehead atoms. The highest BCUT2D eigenvalue weighted by Crippen LogP contribution is 2.20. The second-order valence-corrected chi connectivity index (χ2v) is 8.22. The summed E-state index contributed by atoms with van der Waals surface area (Å²) in [5.74, 6) is 0. The molecule has 156 valence electrons. The van der Waals surface area contributed by atoms with Gasteiger partial charge in [-0.15, -0.1) is 0 Å². The van der Waals surface area contributed by atoms with Crippen LogP contribution in [0.5, 0.6) is 0 Å². The number of hydrogen-bond donors (Lipinski definition) is 0. The van der Waals surface area contributed by atoms with Crippen molar-refractivity contribution in [3.05, 3.63) is 127 Å². The molecule has 0 aliphatic heterocycles. The fraction of sp³-hybridized carbons (Fsp3) is 0.0690. The number of nitrogens with zero attached hydrogens (tertiary/aromatic N) is 2. The van der Waals surface area contributed by atoms with E-state index in [1.807, 2.05) is 0 Å². The highest BCUT2D eigenvalue weighted by Gasteiger charge is 2.16. The van der Waals surface area contributed by atoms with Crippen molar-refractivity contribution < 1.29 is 21.5 Å². The molecule has 0 radical (unpaired) electrons. The number of aromatic nitrogens is 2. The van der Waals surface area contributed by atoms with Crippen molar-refractivity contribution in [2.75, 3.05) is 0 Å². The number of halogens is 1. The maximum absolute atomic E-state index is 2.36. The SMILES string of the molecule is [Br-].c1ccc2cc(Cn3c[n+](Cc4ccc5ccccc5c4)c4ccccc43)ccc2c1. The quantitative estimate of drug-likeness (QED) is 0.343. The number of para-hydroxylation sites is 2. The van der Waals surface area contributed by atoms with Gasteiger partial charge in [0.25, 0.3) is 0 Å². The van der Waals surface area contributed by atoms with Crippen LogP contribution in [0.2, 0.25) is 0 Å². The van der Waals surface area contributed by atoms with Crippen LogP contribution in [0.25, 0.3) is 32.6 Å². The smallest absolute Gasteiger partial charge is 0.245 e. The van der Waals surface area contributed by atoms with E-state index in [9.17, 15) is 0 Å². The number of benzene rings is 5. The summed E-state index contributed by atoms with van der Waals surface area (Å²) in [5.41, 5.74) is 5.16. The summed E-state index contributed by atoms with van der Waals surface area (Å²) in [6.45, 7) is 1.71. The molecule has 0 aliphatic rings. The molecule has 0 atom stereocenters. The first-order valence-corrected chi connectivity index (χ1v) is 10.8. The van der Waals surface area contributed by atoms with Gasteiger partial charge in [-0.05, 0) is 56.9 Å². The molecule has 0 saturated heterocycles.